The van der Waals surface area contributed by atoms with Gasteiger partial charge in [-0.25, -0.2) is 0 Å². The Hall–Kier alpha value is -1.00. The van der Waals surface area contributed by atoms with Crippen LogP contribution in [0.5, 0.6) is 0 Å². The van der Waals surface area contributed by atoms with E-state index in [2.05, 4.69) is 9.97 Å². The minimum absolute atomic E-state index is 0.441. The van der Waals surface area contributed by atoms with E-state index in [4.69, 9.17) is 10.8 Å². The van der Waals surface area contributed by atoms with Gasteiger partial charge in [-0.1, -0.05) is 0 Å². The first-order valence-electron chi connectivity index (χ1n) is 3.41. The molecule has 60 valence electrons. The van der Waals surface area contributed by atoms with Crippen LogP contribution < -0.4 is 5.73 Å². The molecule has 4 heteroatoms. The van der Waals surface area contributed by atoms with Gasteiger partial charge < -0.3 is 10.8 Å². The Morgan fingerprint density at radius 1 is 1.55 bits per heavy atom. The van der Waals surface area contributed by atoms with Gasteiger partial charge in [-0.3, -0.25) is 9.97 Å². The molecular weight excluding hydrogens is 142 g/mol. The summed E-state index contributed by atoms with van der Waals surface area (Å²) in [6.07, 6.45) is 4.08. The second kappa shape index (κ2) is 3.41. The summed E-state index contributed by atoms with van der Waals surface area (Å²) in [5, 5.41) is 9.08. The van der Waals surface area contributed by atoms with Crippen molar-refractivity contribution in [1.29, 1.82) is 0 Å². The minimum Gasteiger partial charge on any atom is -0.391 e. The molecule has 1 unspecified atom stereocenters. The van der Waals surface area contributed by atoms with Gasteiger partial charge >= 0.3 is 0 Å². The summed E-state index contributed by atoms with van der Waals surface area (Å²) in [5.74, 6) is 0. The first kappa shape index (κ1) is 8.10. The molecule has 0 aliphatic carbocycles. The van der Waals surface area contributed by atoms with E-state index < -0.39 is 12.1 Å². The standard InChI is InChI=1S/C7H11N3O/c1-5(11)7(8)6-4-9-2-3-10-6/h2-5,7,11H,8H2,1H3/t5?,7-/m0/s1. The van der Waals surface area contributed by atoms with E-state index in [-0.39, 0.29) is 0 Å². The lowest BCUT2D eigenvalue weighted by atomic mass is 10.1. The second-order valence-electron chi connectivity index (χ2n) is 2.40. The number of nitrogens with zero attached hydrogens (tertiary/aromatic N) is 2. The minimum atomic E-state index is -0.591. The van der Waals surface area contributed by atoms with Gasteiger partial charge in [-0.05, 0) is 6.92 Å². The topological polar surface area (TPSA) is 72.0 Å². The molecule has 2 atom stereocenters. The van der Waals surface area contributed by atoms with Gasteiger partial charge in [0.15, 0.2) is 0 Å². The molecule has 11 heavy (non-hydrogen) atoms. The molecule has 0 saturated heterocycles. The SMILES string of the molecule is CC(O)[C@H](N)c1cnccn1. The maximum atomic E-state index is 9.08. The molecule has 1 heterocycles. The van der Waals surface area contributed by atoms with Crippen LogP contribution in [-0.4, -0.2) is 21.2 Å². The average molecular weight is 153 g/mol. The van der Waals surface area contributed by atoms with Gasteiger partial charge in [0.2, 0.25) is 0 Å². The summed E-state index contributed by atoms with van der Waals surface area (Å²) in [6, 6.07) is -0.441. The van der Waals surface area contributed by atoms with Crippen molar-refractivity contribution in [1.82, 2.24) is 9.97 Å². The number of hydrogen-bond donors (Lipinski definition) is 2. The molecular formula is C7H11N3O. The van der Waals surface area contributed by atoms with Crippen LogP contribution in [0.25, 0.3) is 0 Å². The van der Waals surface area contributed by atoms with Crippen LogP contribution in [0, 0.1) is 0 Å². The van der Waals surface area contributed by atoms with E-state index >= 15 is 0 Å². The van der Waals surface area contributed by atoms with E-state index in [1.54, 1.807) is 25.5 Å². The van der Waals surface area contributed by atoms with E-state index in [1.165, 1.54) is 0 Å². The number of aromatic nitrogens is 2. The van der Waals surface area contributed by atoms with Crippen LogP contribution in [-0.2, 0) is 0 Å². The largest absolute Gasteiger partial charge is 0.391 e. The fraction of sp³-hybridized carbons (Fsp3) is 0.429. The zero-order chi connectivity index (χ0) is 8.27. The number of aliphatic hydroxyl groups excluding tert-OH is 1. The molecule has 1 aromatic heterocycles. The summed E-state index contributed by atoms with van der Waals surface area (Å²) in [7, 11) is 0. The van der Waals surface area contributed by atoms with Gasteiger partial charge in [-0.2, -0.15) is 0 Å². The van der Waals surface area contributed by atoms with Crippen molar-refractivity contribution in [2.24, 2.45) is 5.73 Å². The third kappa shape index (κ3) is 1.96. The van der Waals surface area contributed by atoms with Crippen molar-refractivity contribution in [2.75, 3.05) is 0 Å². The quantitative estimate of drug-likeness (QED) is 0.620. The Balaban J connectivity index is 2.77. The highest BCUT2D eigenvalue weighted by Crippen LogP contribution is 2.08. The molecule has 0 aromatic carbocycles. The fourth-order valence-corrected chi connectivity index (χ4v) is 0.730. The number of hydrogen-bond acceptors (Lipinski definition) is 4. The summed E-state index contributed by atoms with van der Waals surface area (Å²) in [5.41, 5.74) is 6.20. The average Bonchev–Trinajstić information content (AvgIpc) is 2.05. The highest BCUT2D eigenvalue weighted by Gasteiger charge is 2.12. The maximum absolute atomic E-state index is 9.08. The lowest BCUT2D eigenvalue weighted by molar-refractivity contribution is 0.162. The smallest absolute Gasteiger partial charge is 0.0780 e. The van der Waals surface area contributed by atoms with Crippen LogP contribution in [0.4, 0.5) is 0 Å². The summed E-state index contributed by atoms with van der Waals surface area (Å²) in [6.45, 7) is 1.62. The van der Waals surface area contributed by atoms with Crippen molar-refractivity contribution in [3.05, 3.63) is 24.3 Å². The van der Waals surface area contributed by atoms with Gasteiger partial charge in [0.05, 0.1) is 24.0 Å². The molecule has 0 spiro atoms. The Bertz CT molecular complexity index is 212. The van der Waals surface area contributed by atoms with E-state index in [9.17, 15) is 0 Å². The lowest BCUT2D eigenvalue weighted by Crippen LogP contribution is -2.24. The van der Waals surface area contributed by atoms with Crippen molar-refractivity contribution in [2.45, 2.75) is 19.1 Å². The third-order valence-electron chi connectivity index (χ3n) is 1.44. The molecule has 4 nitrogen and oxygen atoms in total. The molecule has 1 aromatic rings. The highest BCUT2D eigenvalue weighted by molar-refractivity contribution is 5.02. The van der Waals surface area contributed by atoms with Crippen LogP contribution in [0.2, 0.25) is 0 Å². The zero-order valence-electron chi connectivity index (χ0n) is 6.31. The Morgan fingerprint density at radius 3 is 2.73 bits per heavy atom. The number of aliphatic hydroxyl groups is 1. The first-order chi connectivity index (χ1) is 5.22. The molecule has 3 N–H and O–H groups in total. The van der Waals surface area contributed by atoms with Crippen LogP contribution in [0.15, 0.2) is 18.6 Å². The normalized spacial score (nSPS) is 15.9. The van der Waals surface area contributed by atoms with Crippen molar-refractivity contribution in [3.8, 4) is 0 Å². The molecule has 0 aliphatic heterocycles. The van der Waals surface area contributed by atoms with Crippen molar-refractivity contribution < 1.29 is 5.11 Å². The lowest BCUT2D eigenvalue weighted by Gasteiger charge is -2.12. The number of nitrogens with two attached hydrogens (primary N) is 1. The predicted octanol–water partition coefficient (Wildman–Crippen LogP) is -0.143. The Morgan fingerprint density at radius 2 is 2.27 bits per heavy atom. The molecule has 1 rings (SSSR count). The highest BCUT2D eigenvalue weighted by atomic mass is 16.3. The molecule has 0 bridgehead atoms. The molecule has 0 fully saturated rings. The van der Waals surface area contributed by atoms with Crippen molar-refractivity contribution in [3.63, 3.8) is 0 Å². The molecule has 0 amide bonds. The van der Waals surface area contributed by atoms with Crippen LogP contribution in [0.1, 0.15) is 18.7 Å². The second-order valence-corrected chi connectivity index (χ2v) is 2.40. The summed E-state index contributed by atoms with van der Waals surface area (Å²) >= 11 is 0. The summed E-state index contributed by atoms with van der Waals surface area (Å²) in [4.78, 5) is 7.79. The molecule has 0 saturated carbocycles. The van der Waals surface area contributed by atoms with E-state index in [0.29, 0.717) is 5.69 Å². The zero-order valence-corrected chi connectivity index (χ0v) is 6.31. The van der Waals surface area contributed by atoms with Crippen LogP contribution >= 0.6 is 0 Å². The third-order valence-corrected chi connectivity index (χ3v) is 1.44. The maximum Gasteiger partial charge on any atom is 0.0780 e. The first-order valence-corrected chi connectivity index (χ1v) is 3.41. The van der Waals surface area contributed by atoms with Gasteiger partial charge in [0.25, 0.3) is 0 Å². The van der Waals surface area contributed by atoms with Gasteiger partial charge in [0, 0.05) is 12.4 Å². The monoisotopic (exact) mass is 153 g/mol. The molecule has 0 radical (unpaired) electrons. The predicted molar refractivity (Wildman–Crippen MR) is 40.6 cm³/mol. The van der Waals surface area contributed by atoms with Crippen molar-refractivity contribution >= 4 is 0 Å². The number of rotatable bonds is 2. The summed E-state index contributed by atoms with van der Waals surface area (Å²) < 4.78 is 0. The van der Waals surface area contributed by atoms with E-state index in [1.807, 2.05) is 0 Å². The van der Waals surface area contributed by atoms with Gasteiger partial charge in [-0.15, -0.1) is 0 Å². The Labute approximate surface area is 65.1 Å². The fourth-order valence-electron chi connectivity index (χ4n) is 0.730. The Kier molecular flexibility index (Phi) is 2.51. The van der Waals surface area contributed by atoms with E-state index in [0.717, 1.165) is 0 Å². The molecule has 0 aliphatic rings. The van der Waals surface area contributed by atoms with Crippen LogP contribution in [0.3, 0.4) is 0 Å². The van der Waals surface area contributed by atoms with Gasteiger partial charge in [0.1, 0.15) is 0 Å².